The summed E-state index contributed by atoms with van der Waals surface area (Å²) in [6, 6.07) is 54.2. The van der Waals surface area contributed by atoms with Crippen molar-refractivity contribution in [3.05, 3.63) is 210 Å². The molecule has 0 radical (unpaired) electrons. The predicted molar refractivity (Wildman–Crippen MR) is 206 cm³/mol. The summed E-state index contributed by atoms with van der Waals surface area (Å²) in [5.74, 6) is 3.65. The maximum absolute atomic E-state index is 6.53. The van der Waals surface area contributed by atoms with E-state index in [2.05, 4.69) is 105 Å². The van der Waals surface area contributed by atoms with Gasteiger partial charge in [0.2, 0.25) is 0 Å². The first-order chi connectivity index (χ1) is 25.1. The van der Waals surface area contributed by atoms with Crippen molar-refractivity contribution in [1.82, 2.24) is 15.0 Å². The van der Waals surface area contributed by atoms with Crippen LogP contribution in [0.1, 0.15) is 34.7 Å². The lowest BCUT2D eigenvalue weighted by Gasteiger charge is -2.40. The molecule has 2 aliphatic rings. The summed E-state index contributed by atoms with van der Waals surface area (Å²) in [4.78, 5) is 14.7. The van der Waals surface area contributed by atoms with E-state index in [-0.39, 0.29) is 0 Å². The van der Waals surface area contributed by atoms with Gasteiger partial charge in [0.15, 0.2) is 17.5 Å². The minimum Gasteiger partial charge on any atom is -0.457 e. The number of benzene rings is 6. The Morgan fingerprint density at radius 2 is 0.980 bits per heavy atom. The highest BCUT2D eigenvalue weighted by molar-refractivity contribution is 5.92. The fourth-order valence-electron chi connectivity index (χ4n) is 7.66. The maximum atomic E-state index is 6.53. The van der Waals surface area contributed by atoms with Crippen molar-refractivity contribution >= 4 is 11.1 Å². The lowest BCUT2D eigenvalue weighted by atomic mass is 9.65. The number of hydrogen-bond acceptors (Lipinski definition) is 4. The molecule has 0 fully saturated rings. The Labute approximate surface area is 297 Å². The van der Waals surface area contributed by atoms with Crippen LogP contribution in [-0.4, -0.2) is 15.0 Å². The van der Waals surface area contributed by atoms with Gasteiger partial charge in [0.05, 0.1) is 5.41 Å². The van der Waals surface area contributed by atoms with Crippen molar-refractivity contribution in [2.45, 2.75) is 12.3 Å². The molecule has 9 rings (SSSR count). The van der Waals surface area contributed by atoms with Crippen LogP contribution in [0.4, 0.5) is 0 Å². The first-order valence-corrected chi connectivity index (χ1v) is 17.1. The fraction of sp³-hybridized carbons (Fsp3) is 0.0426. The largest absolute Gasteiger partial charge is 0.457 e. The van der Waals surface area contributed by atoms with Gasteiger partial charge < -0.3 is 4.74 Å². The standard InChI is InChI=1S/C47H33N3O/c1-3-32(33-26-28-36(29-27-33)46-49-44(34-16-6-4-7-17-34)48-45(50-46)35-18-8-5-9-19-35)30-41-31(2)37-20-10-11-21-38(37)47(41)39-22-12-14-24-42(39)51-43-25-15-13-23-40(43)47/h3-30H,1H2,2H3/b32-30+. The number of nitrogens with zero attached hydrogens (tertiary/aromatic N) is 3. The lowest BCUT2D eigenvalue weighted by Crippen LogP contribution is -2.32. The second kappa shape index (κ2) is 12.3. The van der Waals surface area contributed by atoms with Crippen molar-refractivity contribution in [2.75, 3.05) is 0 Å². The van der Waals surface area contributed by atoms with Crippen molar-refractivity contribution in [2.24, 2.45) is 0 Å². The summed E-state index contributed by atoms with van der Waals surface area (Å²) in [5.41, 5.74) is 11.5. The van der Waals surface area contributed by atoms with Crippen molar-refractivity contribution in [3.63, 3.8) is 0 Å². The molecular formula is C47H33N3O. The van der Waals surface area contributed by atoms with Gasteiger partial charge >= 0.3 is 0 Å². The SMILES string of the molecule is C=C/C(=C\C1=C(C)c2ccccc2C12c1ccccc1Oc1ccccc12)c1ccc(-c2nc(-c3ccccc3)nc(-c3ccccc3)n2)cc1. The van der Waals surface area contributed by atoms with Crippen LogP contribution in [0.15, 0.2) is 182 Å². The van der Waals surface area contributed by atoms with E-state index in [0.717, 1.165) is 50.5 Å². The van der Waals surface area contributed by atoms with Crippen LogP contribution in [0.3, 0.4) is 0 Å². The molecule has 0 bridgehead atoms. The quantitative estimate of drug-likeness (QED) is 0.167. The summed E-state index contributed by atoms with van der Waals surface area (Å²) in [6.07, 6.45) is 4.27. The summed E-state index contributed by atoms with van der Waals surface area (Å²) < 4.78 is 6.53. The highest BCUT2D eigenvalue weighted by Crippen LogP contribution is 2.61. The predicted octanol–water partition coefficient (Wildman–Crippen LogP) is 11.4. The van der Waals surface area contributed by atoms with Gasteiger partial charge in [0, 0.05) is 27.8 Å². The molecule has 6 aromatic carbocycles. The summed E-state index contributed by atoms with van der Waals surface area (Å²) in [7, 11) is 0. The molecule has 0 atom stereocenters. The van der Waals surface area contributed by atoms with Gasteiger partial charge in [-0.25, -0.2) is 15.0 Å². The monoisotopic (exact) mass is 655 g/mol. The Kier molecular flexibility index (Phi) is 7.36. The summed E-state index contributed by atoms with van der Waals surface area (Å²) >= 11 is 0. The van der Waals surface area contributed by atoms with Gasteiger partial charge in [-0.2, -0.15) is 0 Å². The smallest absolute Gasteiger partial charge is 0.164 e. The molecule has 1 aliphatic heterocycles. The van der Waals surface area contributed by atoms with Gasteiger partial charge in [0.25, 0.3) is 0 Å². The summed E-state index contributed by atoms with van der Waals surface area (Å²) in [6.45, 7) is 6.53. The number of hydrogen-bond donors (Lipinski definition) is 0. The van der Waals surface area contributed by atoms with Crippen molar-refractivity contribution < 1.29 is 4.74 Å². The van der Waals surface area contributed by atoms with Crippen LogP contribution >= 0.6 is 0 Å². The van der Waals surface area contributed by atoms with Gasteiger partial charge in [-0.05, 0) is 58.5 Å². The van der Waals surface area contributed by atoms with Gasteiger partial charge in [0.1, 0.15) is 11.5 Å². The van der Waals surface area contributed by atoms with Crippen LogP contribution in [0.2, 0.25) is 0 Å². The number of rotatable bonds is 6. The molecule has 0 unspecified atom stereocenters. The molecule has 51 heavy (non-hydrogen) atoms. The summed E-state index contributed by atoms with van der Waals surface area (Å²) in [5, 5.41) is 0. The first kappa shape index (κ1) is 30.4. The maximum Gasteiger partial charge on any atom is 0.164 e. The average Bonchev–Trinajstić information content (AvgIpc) is 3.44. The third kappa shape index (κ3) is 4.95. The van der Waals surface area contributed by atoms with E-state index < -0.39 is 5.41 Å². The Bertz CT molecular complexity index is 2410. The third-order valence-corrected chi connectivity index (χ3v) is 10.0. The molecule has 0 amide bonds. The first-order valence-electron chi connectivity index (χ1n) is 17.1. The Morgan fingerprint density at radius 1 is 0.529 bits per heavy atom. The second-order valence-electron chi connectivity index (χ2n) is 12.8. The zero-order valence-corrected chi connectivity index (χ0v) is 28.1. The number of aromatic nitrogens is 3. The van der Waals surface area contributed by atoms with E-state index in [1.807, 2.05) is 78.9 Å². The molecule has 4 nitrogen and oxygen atoms in total. The molecular weight excluding hydrogens is 623 g/mol. The molecule has 242 valence electrons. The second-order valence-corrected chi connectivity index (χ2v) is 12.8. The highest BCUT2D eigenvalue weighted by Gasteiger charge is 2.50. The minimum atomic E-state index is -0.549. The molecule has 1 aliphatic carbocycles. The molecule has 0 saturated carbocycles. The van der Waals surface area contributed by atoms with Gasteiger partial charge in [-0.1, -0.05) is 158 Å². The van der Waals surface area contributed by atoms with Crippen LogP contribution in [0.5, 0.6) is 11.5 Å². The zero-order chi connectivity index (χ0) is 34.4. The van der Waals surface area contributed by atoms with Crippen LogP contribution < -0.4 is 4.74 Å². The lowest BCUT2D eigenvalue weighted by molar-refractivity contribution is 0.436. The van der Waals surface area contributed by atoms with E-state index in [4.69, 9.17) is 19.7 Å². The van der Waals surface area contributed by atoms with E-state index in [1.54, 1.807) is 0 Å². The van der Waals surface area contributed by atoms with Gasteiger partial charge in [-0.15, -0.1) is 0 Å². The average molecular weight is 656 g/mol. The minimum absolute atomic E-state index is 0.549. The van der Waals surface area contributed by atoms with Crippen molar-refractivity contribution in [1.29, 1.82) is 0 Å². The molecule has 0 N–H and O–H groups in total. The van der Waals surface area contributed by atoms with E-state index in [9.17, 15) is 0 Å². The Hall–Kier alpha value is -6.65. The molecule has 0 saturated heterocycles. The highest BCUT2D eigenvalue weighted by atomic mass is 16.5. The van der Waals surface area contributed by atoms with E-state index >= 15 is 0 Å². The molecule has 2 heterocycles. The van der Waals surface area contributed by atoms with Crippen LogP contribution in [-0.2, 0) is 5.41 Å². The number of fused-ring (bicyclic) bond motifs is 6. The normalized spacial score (nSPS) is 14.0. The van der Waals surface area contributed by atoms with Gasteiger partial charge in [-0.3, -0.25) is 0 Å². The topological polar surface area (TPSA) is 47.9 Å². The van der Waals surface area contributed by atoms with Crippen molar-refractivity contribution in [3.8, 4) is 45.7 Å². The number of ether oxygens (including phenoxy) is 1. The molecule has 4 heteroatoms. The van der Waals surface area contributed by atoms with E-state index in [0.29, 0.717) is 17.5 Å². The number of allylic oxidation sites excluding steroid dienone is 5. The molecule has 1 aromatic heterocycles. The Morgan fingerprint density at radius 3 is 1.51 bits per heavy atom. The fourth-order valence-corrected chi connectivity index (χ4v) is 7.66. The zero-order valence-electron chi connectivity index (χ0n) is 28.1. The molecule has 1 spiro atoms. The Balaban J connectivity index is 1.17. The van der Waals surface area contributed by atoms with Crippen LogP contribution in [0, 0.1) is 0 Å². The third-order valence-electron chi connectivity index (χ3n) is 10.0. The van der Waals surface area contributed by atoms with Crippen LogP contribution in [0.25, 0.3) is 45.3 Å². The molecule has 7 aromatic rings. The van der Waals surface area contributed by atoms with E-state index in [1.165, 1.54) is 22.3 Å². The number of para-hydroxylation sites is 2.